The molecular weight excluding hydrogens is 484 g/mol. The van der Waals surface area contributed by atoms with Gasteiger partial charge in [0.1, 0.15) is 0 Å². The summed E-state index contributed by atoms with van der Waals surface area (Å²) in [5.41, 5.74) is -1.83. The quantitative estimate of drug-likeness (QED) is 0.273. The van der Waals surface area contributed by atoms with E-state index in [4.69, 9.17) is 14.3 Å². The highest BCUT2D eigenvalue weighted by molar-refractivity contribution is 5.94. The largest absolute Gasteiger partial charge is 0.463 e. The van der Waals surface area contributed by atoms with Crippen LogP contribution in [0.5, 0.6) is 0 Å². The molecule has 0 saturated carbocycles. The van der Waals surface area contributed by atoms with E-state index >= 15 is 0 Å². The third kappa shape index (κ3) is 9.21. The maximum atomic E-state index is 13.0. The van der Waals surface area contributed by atoms with Crippen LogP contribution in [0.2, 0.25) is 0 Å². The molecule has 0 heterocycles. The smallest absolute Gasteiger partial charge is 0.416 e. The van der Waals surface area contributed by atoms with Gasteiger partial charge in [0.25, 0.3) is 5.91 Å². The fourth-order valence-corrected chi connectivity index (χ4v) is 2.62. The number of carbonyl (C=O) groups is 2. The summed E-state index contributed by atoms with van der Waals surface area (Å²) in [7, 11) is 0. The van der Waals surface area contributed by atoms with E-state index in [0.29, 0.717) is 0 Å². The molecule has 1 atom stereocenters. The molecule has 0 saturated heterocycles. The van der Waals surface area contributed by atoms with Gasteiger partial charge in [-0.1, -0.05) is 44.2 Å². The van der Waals surface area contributed by atoms with Gasteiger partial charge in [0.2, 0.25) is 6.10 Å². The molecule has 1 amide bonds. The first-order valence-electron chi connectivity index (χ1n) is 10.3. The number of rotatable bonds is 10. The summed E-state index contributed by atoms with van der Waals surface area (Å²) < 4.78 is 88.7. The maximum absolute atomic E-state index is 13.0. The number of nitrogens with one attached hydrogen (secondary N) is 1. The SMILES string of the molecule is CC(C)COC(=O)[C@@H](COCc1ccccc1)ONC(=O)c1cc(C(F)(F)F)cc(C(F)(F)F)c1. The molecular formula is C23H23F6NO5. The Balaban J connectivity index is 2.14. The van der Waals surface area contributed by atoms with Crippen molar-refractivity contribution in [3.63, 3.8) is 0 Å². The van der Waals surface area contributed by atoms with Crippen molar-refractivity contribution in [2.24, 2.45) is 5.92 Å². The zero-order chi connectivity index (χ0) is 26.2. The van der Waals surface area contributed by atoms with Crippen LogP contribution in [-0.2, 0) is 38.1 Å². The third-order valence-corrected chi connectivity index (χ3v) is 4.35. The number of halogens is 6. The van der Waals surface area contributed by atoms with Crippen LogP contribution < -0.4 is 5.48 Å². The summed E-state index contributed by atoms with van der Waals surface area (Å²) >= 11 is 0. The molecule has 0 spiro atoms. The monoisotopic (exact) mass is 507 g/mol. The van der Waals surface area contributed by atoms with Gasteiger partial charge in [0.15, 0.2) is 0 Å². The van der Waals surface area contributed by atoms with Gasteiger partial charge >= 0.3 is 18.3 Å². The molecule has 2 aromatic rings. The molecule has 1 N–H and O–H groups in total. The van der Waals surface area contributed by atoms with Gasteiger partial charge in [-0.05, 0) is 29.7 Å². The average Bonchev–Trinajstić information content (AvgIpc) is 2.78. The standard InChI is InChI=1S/C23H23F6NO5/c1-14(2)11-34-21(32)19(13-33-12-15-6-4-3-5-7-15)35-30-20(31)16-8-17(22(24,25)26)10-18(9-16)23(27,28)29/h3-10,14,19H,11-13H2,1-2H3,(H,30,31)/t19-/m1/s1. The minimum atomic E-state index is -5.13. The Kier molecular flexibility index (Phi) is 9.66. The number of benzene rings is 2. The predicted molar refractivity (Wildman–Crippen MR) is 111 cm³/mol. The lowest BCUT2D eigenvalue weighted by Gasteiger charge is -2.18. The van der Waals surface area contributed by atoms with Crippen molar-refractivity contribution >= 4 is 11.9 Å². The zero-order valence-electron chi connectivity index (χ0n) is 18.7. The Hall–Kier alpha value is -3.12. The van der Waals surface area contributed by atoms with Crippen LogP contribution in [0.15, 0.2) is 48.5 Å². The number of esters is 1. The van der Waals surface area contributed by atoms with E-state index < -0.39 is 53.6 Å². The second-order valence-corrected chi connectivity index (χ2v) is 7.86. The number of carbonyl (C=O) groups excluding carboxylic acids is 2. The lowest BCUT2D eigenvalue weighted by Crippen LogP contribution is -2.39. The van der Waals surface area contributed by atoms with Gasteiger partial charge in [0, 0.05) is 5.56 Å². The summed E-state index contributed by atoms with van der Waals surface area (Å²) in [6.07, 6.45) is -11.8. The lowest BCUT2D eigenvalue weighted by atomic mass is 10.0. The van der Waals surface area contributed by atoms with Crippen molar-refractivity contribution in [1.29, 1.82) is 0 Å². The van der Waals surface area contributed by atoms with E-state index in [1.54, 1.807) is 49.7 Å². The number of amides is 1. The molecule has 0 aliphatic carbocycles. The predicted octanol–water partition coefficient (Wildman–Crippen LogP) is 5.17. The van der Waals surface area contributed by atoms with Crippen LogP contribution in [0.25, 0.3) is 0 Å². The Morgan fingerprint density at radius 2 is 1.46 bits per heavy atom. The van der Waals surface area contributed by atoms with E-state index in [0.717, 1.165) is 5.56 Å². The number of hydroxylamine groups is 1. The summed E-state index contributed by atoms with van der Waals surface area (Å²) in [5.74, 6) is -2.40. The molecule has 12 heteroatoms. The average molecular weight is 507 g/mol. The molecule has 0 aliphatic rings. The van der Waals surface area contributed by atoms with Crippen molar-refractivity contribution in [3.05, 3.63) is 70.8 Å². The highest BCUT2D eigenvalue weighted by atomic mass is 19.4. The molecule has 0 fully saturated rings. The van der Waals surface area contributed by atoms with Crippen LogP contribution in [0.1, 0.15) is 40.9 Å². The molecule has 2 rings (SSSR count). The molecule has 0 aliphatic heterocycles. The molecule has 2 aromatic carbocycles. The van der Waals surface area contributed by atoms with E-state index in [9.17, 15) is 35.9 Å². The number of hydrogen-bond donors (Lipinski definition) is 1. The highest BCUT2D eigenvalue weighted by Gasteiger charge is 2.37. The fraction of sp³-hybridized carbons (Fsp3) is 0.391. The van der Waals surface area contributed by atoms with Crippen molar-refractivity contribution < 1.29 is 50.2 Å². The lowest BCUT2D eigenvalue weighted by molar-refractivity contribution is -0.167. The minimum Gasteiger partial charge on any atom is -0.463 e. The van der Waals surface area contributed by atoms with Gasteiger partial charge in [-0.25, -0.2) is 10.3 Å². The molecule has 0 unspecified atom stereocenters. The van der Waals surface area contributed by atoms with E-state index in [-0.39, 0.29) is 37.3 Å². The van der Waals surface area contributed by atoms with Crippen LogP contribution >= 0.6 is 0 Å². The van der Waals surface area contributed by atoms with Crippen molar-refractivity contribution in [3.8, 4) is 0 Å². The first-order chi connectivity index (χ1) is 16.3. The Morgan fingerprint density at radius 3 is 1.97 bits per heavy atom. The van der Waals surface area contributed by atoms with Crippen molar-refractivity contribution in [2.75, 3.05) is 13.2 Å². The Bertz CT molecular complexity index is 960. The van der Waals surface area contributed by atoms with Gasteiger partial charge in [-0.3, -0.25) is 9.63 Å². The van der Waals surface area contributed by atoms with E-state index in [1.165, 1.54) is 0 Å². The van der Waals surface area contributed by atoms with Crippen molar-refractivity contribution in [1.82, 2.24) is 5.48 Å². The maximum Gasteiger partial charge on any atom is 0.416 e. The molecule has 192 valence electrons. The minimum absolute atomic E-state index is 0.00783. The normalized spacial score (nSPS) is 12.9. The van der Waals surface area contributed by atoms with Gasteiger partial charge in [0.05, 0.1) is 30.9 Å². The number of ether oxygens (including phenoxy) is 2. The van der Waals surface area contributed by atoms with Crippen molar-refractivity contribution in [2.45, 2.75) is 38.9 Å². The van der Waals surface area contributed by atoms with E-state index in [1.807, 2.05) is 0 Å². The fourth-order valence-electron chi connectivity index (χ4n) is 2.62. The first-order valence-corrected chi connectivity index (χ1v) is 10.3. The second kappa shape index (κ2) is 12.0. The molecule has 0 aromatic heterocycles. The van der Waals surface area contributed by atoms with Crippen LogP contribution in [0.3, 0.4) is 0 Å². The number of hydrogen-bond acceptors (Lipinski definition) is 5. The molecule has 0 bridgehead atoms. The van der Waals surface area contributed by atoms with Crippen LogP contribution in [0, 0.1) is 5.92 Å². The highest BCUT2D eigenvalue weighted by Crippen LogP contribution is 2.36. The summed E-state index contributed by atoms with van der Waals surface area (Å²) in [6, 6.07) is 9.18. The zero-order valence-corrected chi connectivity index (χ0v) is 18.7. The van der Waals surface area contributed by atoms with Gasteiger partial charge in [-0.2, -0.15) is 26.3 Å². The summed E-state index contributed by atoms with van der Waals surface area (Å²) in [5, 5.41) is 0. The summed E-state index contributed by atoms with van der Waals surface area (Å²) in [4.78, 5) is 29.6. The molecule has 35 heavy (non-hydrogen) atoms. The molecule has 6 nitrogen and oxygen atoms in total. The Morgan fingerprint density at radius 1 is 0.886 bits per heavy atom. The summed E-state index contributed by atoms with van der Waals surface area (Å²) in [6.45, 7) is 3.19. The van der Waals surface area contributed by atoms with Crippen LogP contribution in [-0.4, -0.2) is 31.2 Å². The topological polar surface area (TPSA) is 73.9 Å². The van der Waals surface area contributed by atoms with Gasteiger partial charge in [-0.15, -0.1) is 0 Å². The molecule has 0 radical (unpaired) electrons. The Labute approximate surface area is 197 Å². The second-order valence-electron chi connectivity index (χ2n) is 7.86. The van der Waals surface area contributed by atoms with E-state index in [2.05, 4.69) is 0 Å². The first kappa shape index (κ1) is 28.1. The number of alkyl halides is 6. The van der Waals surface area contributed by atoms with Gasteiger partial charge < -0.3 is 9.47 Å². The van der Waals surface area contributed by atoms with Crippen LogP contribution in [0.4, 0.5) is 26.3 Å². The third-order valence-electron chi connectivity index (χ3n) is 4.35.